The van der Waals surface area contributed by atoms with Crippen LogP contribution in [0.25, 0.3) is 5.69 Å². The number of halogens is 1. The number of carbonyl (C=O) groups is 1. The second-order valence-electron chi connectivity index (χ2n) is 3.02. The Morgan fingerprint density at radius 2 is 2.27 bits per heavy atom. The summed E-state index contributed by atoms with van der Waals surface area (Å²) < 4.78 is 2.45. The lowest BCUT2D eigenvalue weighted by Crippen LogP contribution is -1.99. The van der Waals surface area contributed by atoms with Crippen LogP contribution in [0.1, 0.15) is 10.4 Å². The Labute approximate surface area is 94.9 Å². The zero-order valence-electron chi connectivity index (χ0n) is 7.72. The van der Waals surface area contributed by atoms with Crippen LogP contribution >= 0.6 is 15.9 Å². The van der Waals surface area contributed by atoms with Gasteiger partial charge in [0.25, 0.3) is 0 Å². The van der Waals surface area contributed by atoms with E-state index >= 15 is 0 Å². The predicted octanol–water partition coefficient (Wildman–Crippen LogP) is 2.03. The third-order valence-corrected chi connectivity index (χ3v) is 2.74. The Morgan fingerprint density at radius 1 is 1.47 bits per heavy atom. The summed E-state index contributed by atoms with van der Waals surface area (Å²) in [5.41, 5.74) is 7.74. The number of hydrogen-bond donors (Lipinski definition) is 1. The monoisotopic (exact) mass is 265 g/mol. The highest BCUT2D eigenvalue weighted by molar-refractivity contribution is 9.10. The van der Waals surface area contributed by atoms with E-state index in [0.29, 0.717) is 15.7 Å². The first kappa shape index (κ1) is 9.92. The standard InChI is InChI=1S/C10H8BrN3O/c11-8-4-9(12)10(3-7(8)5-15)14-2-1-13-6-14/h1-6H,12H2. The van der Waals surface area contributed by atoms with E-state index in [0.717, 1.165) is 12.0 Å². The number of aldehydes is 1. The van der Waals surface area contributed by atoms with Gasteiger partial charge in [-0.3, -0.25) is 4.79 Å². The minimum absolute atomic E-state index is 0.563. The van der Waals surface area contributed by atoms with Gasteiger partial charge in [0.1, 0.15) is 0 Å². The lowest BCUT2D eigenvalue weighted by molar-refractivity contribution is 0.112. The van der Waals surface area contributed by atoms with Gasteiger partial charge in [0.2, 0.25) is 0 Å². The molecule has 0 saturated heterocycles. The summed E-state index contributed by atoms with van der Waals surface area (Å²) in [6.07, 6.45) is 5.84. The highest BCUT2D eigenvalue weighted by Gasteiger charge is 2.06. The Kier molecular flexibility index (Phi) is 2.55. The number of hydrogen-bond acceptors (Lipinski definition) is 3. The molecule has 0 radical (unpaired) electrons. The summed E-state index contributed by atoms with van der Waals surface area (Å²) in [6, 6.07) is 3.42. The molecule has 0 unspecified atom stereocenters. The molecule has 2 N–H and O–H groups in total. The van der Waals surface area contributed by atoms with Crippen molar-refractivity contribution >= 4 is 27.9 Å². The highest BCUT2D eigenvalue weighted by Crippen LogP contribution is 2.25. The number of anilines is 1. The van der Waals surface area contributed by atoms with Crippen molar-refractivity contribution in [3.8, 4) is 5.69 Å². The van der Waals surface area contributed by atoms with Gasteiger partial charge in [-0.1, -0.05) is 0 Å². The molecule has 0 spiro atoms. The van der Waals surface area contributed by atoms with Gasteiger partial charge in [0, 0.05) is 22.4 Å². The zero-order chi connectivity index (χ0) is 10.8. The van der Waals surface area contributed by atoms with Crippen LogP contribution in [0, 0.1) is 0 Å². The Hall–Kier alpha value is -1.62. The van der Waals surface area contributed by atoms with E-state index < -0.39 is 0 Å². The summed E-state index contributed by atoms with van der Waals surface area (Å²) in [6.45, 7) is 0. The summed E-state index contributed by atoms with van der Waals surface area (Å²) in [7, 11) is 0. The first-order valence-corrected chi connectivity index (χ1v) is 5.04. The molecule has 4 nitrogen and oxygen atoms in total. The second-order valence-corrected chi connectivity index (χ2v) is 3.87. The minimum Gasteiger partial charge on any atom is -0.397 e. The molecule has 2 rings (SSSR count). The molecule has 1 heterocycles. The number of benzene rings is 1. The normalized spacial score (nSPS) is 10.2. The molecule has 0 aliphatic rings. The average molecular weight is 266 g/mol. The number of aromatic nitrogens is 2. The number of carbonyl (C=O) groups excluding carboxylic acids is 1. The van der Waals surface area contributed by atoms with Crippen molar-refractivity contribution in [3.05, 3.63) is 40.9 Å². The lowest BCUT2D eigenvalue weighted by Gasteiger charge is -2.08. The molecule has 1 aromatic carbocycles. The van der Waals surface area contributed by atoms with Crippen LogP contribution in [-0.2, 0) is 0 Å². The number of nitrogens with zero attached hydrogens (tertiary/aromatic N) is 2. The largest absolute Gasteiger partial charge is 0.397 e. The fraction of sp³-hybridized carbons (Fsp3) is 0. The smallest absolute Gasteiger partial charge is 0.151 e. The molecular weight excluding hydrogens is 258 g/mol. The van der Waals surface area contributed by atoms with Crippen molar-refractivity contribution < 1.29 is 4.79 Å². The van der Waals surface area contributed by atoms with Crippen molar-refractivity contribution in [1.82, 2.24) is 9.55 Å². The average Bonchev–Trinajstić information content (AvgIpc) is 2.71. The van der Waals surface area contributed by atoms with Gasteiger partial charge in [-0.25, -0.2) is 4.98 Å². The molecule has 0 aliphatic carbocycles. The van der Waals surface area contributed by atoms with E-state index in [9.17, 15) is 4.79 Å². The van der Waals surface area contributed by atoms with Gasteiger partial charge in [0.05, 0.1) is 17.7 Å². The third-order valence-electron chi connectivity index (χ3n) is 2.06. The Bertz CT molecular complexity index is 494. The molecule has 0 atom stereocenters. The van der Waals surface area contributed by atoms with E-state index in [2.05, 4.69) is 20.9 Å². The van der Waals surface area contributed by atoms with Gasteiger partial charge in [-0.15, -0.1) is 0 Å². The Morgan fingerprint density at radius 3 is 2.87 bits per heavy atom. The van der Waals surface area contributed by atoms with Crippen LogP contribution in [0.5, 0.6) is 0 Å². The van der Waals surface area contributed by atoms with Crippen molar-refractivity contribution in [2.24, 2.45) is 0 Å². The molecule has 0 saturated carbocycles. The fourth-order valence-corrected chi connectivity index (χ4v) is 1.76. The SMILES string of the molecule is Nc1cc(Br)c(C=O)cc1-n1ccnc1. The molecule has 15 heavy (non-hydrogen) atoms. The van der Waals surface area contributed by atoms with Gasteiger partial charge < -0.3 is 10.3 Å². The third kappa shape index (κ3) is 1.78. The molecule has 0 bridgehead atoms. The van der Waals surface area contributed by atoms with E-state index in [4.69, 9.17) is 5.73 Å². The van der Waals surface area contributed by atoms with Crippen LogP contribution in [0.2, 0.25) is 0 Å². The van der Waals surface area contributed by atoms with Gasteiger partial charge in [-0.2, -0.15) is 0 Å². The van der Waals surface area contributed by atoms with Gasteiger partial charge >= 0.3 is 0 Å². The molecule has 76 valence electrons. The maximum atomic E-state index is 10.8. The summed E-state index contributed by atoms with van der Waals surface area (Å²) >= 11 is 3.27. The molecule has 1 aromatic heterocycles. The second kappa shape index (κ2) is 3.86. The van der Waals surface area contributed by atoms with Crippen molar-refractivity contribution in [1.29, 1.82) is 0 Å². The van der Waals surface area contributed by atoms with E-state index in [-0.39, 0.29) is 0 Å². The van der Waals surface area contributed by atoms with Crippen LogP contribution in [0.15, 0.2) is 35.3 Å². The van der Waals surface area contributed by atoms with E-state index in [1.807, 2.05) is 0 Å². The number of imidazole rings is 1. The van der Waals surface area contributed by atoms with E-state index in [1.165, 1.54) is 0 Å². The number of rotatable bonds is 2. The van der Waals surface area contributed by atoms with Crippen LogP contribution in [0.4, 0.5) is 5.69 Å². The summed E-state index contributed by atoms with van der Waals surface area (Å²) in [4.78, 5) is 14.7. The summed E-state index contributed by atoms with van der Waals surface area (Å²) in [5, 5.41) is 0. The van der Waals surface area contributed by atoms with Crippen LogP contribution < -0.4 is 5.73 Å². The number of nitrogen functional groups attached to an aromatic ring is 1. The van der Waals surface area contributed by atoms with Crippen molar-refractivity contribution in [2.75, 3.05) is 5.73 Å². The van der Waals surface area contributed by atoms with E-state index in [1.54, 1.807) is 35.4 Å². The minimum atomic E-state index is 0.563. The van der Waals surface area contributed by atoms with Gasteiger partial charge in [0.15, 0.2) is 6.29 Å². The predicted molar refractivity (Wildman–Crippen MR) is 61.1 cm³/mol. The molecule has 2 aromatic rings. The maximum Gasteiger partial charge on any atom is 0.151 e. The molecule has 0 aliphatic heterocycles. The fourth-order valence-electron chi connectivity index (χ4n) is 1.31. The van der Waals surface area contributed by atoms with Crippen molar-refractivity contribution in [3.63, 3.8) is 0 Å². The molecule has 5 heteroatoms. The van der Waals surface area contributed by atoms with Gasteiger partial charge in [-0.05, 0) is 28.1 Å². The first-order chi connectivity index (χ1) is 7.22. The van der Waals surface area contributed by atoms with Crippen LogP contribution in [-0.4, -0.2) is 15.8 Å². The quantitative estimate of drug-likeness (QED) is 0.668. The topological polar surface area (TPSA) is 60.9 Å². The molecule has 0 fully saturated rings. The zero-order valence-corrected chi connectivity index (χ0v) is 9.31. The van der Waals surface area contributed by atoms with Crippen molar-refractivity contribution in [2.45, 2.75) is 0 Å². The molecular formula is C10H8BrN3O. The summed E-state index contributed by atoms with van der Waals surface area (Å²) in [5.74, 6) is 0. The van der Waals surface area contributed by atoms with Crippen LogP contribution in [0.3, 0.4) is 0 Å². The number of nitrogens with two attached hydrogens (primary N) is 1. The Balaban J connectivity index is 2.62. The lowest BCUT2D eigenvalue weighted by atomic mass is 10.2. The first-order valence-electron chi connectivity index (χ1n) is 4.25. The molecule has 0 amide bonds. The maximum absolute atomic E-state index is 10.8. The highest BCUT2D eigenvalue weighted by atomic mass is 79.9.